The summed E-state index contributed by atoms with van der Waals surface area (Å²) in [5.41, 5.74) is 7.67. The number of nitrogens with two attached hydrogens (primary N) is 1. The summed E-state index contributed by atoms with van der Waals surface area (Å²) in [6.07, 6.45) is 0.823. The highest BCUT2D eigenvalue weighted by molar-refractivity contribution is 7.80. The number of hydrogen-bond acceptors (Lipinski definition) is 5. The van der Waals surface area contributed by atoms with Gasteiger partial charge in [-0.2, -0.15) is 18.4 Å². The van der Waals surface area contributed by atoms with Crippen LogP contribution >= 0.6 is 12.2 Å². The minimum atomic E-state index is -4.47. The number of rotatable bonds is 13. The lowest BCUT2D eigenvalue weighted by Gasteiger charge is -2.30. The predicted molar refractivity (Wildman–Crippen MR) is 156 cm³/mol. The van der Waals surface area contributed by atoms with Crippen LogP contribution in [0, 0.1) is 17.2 Å². The topological polar surface area (TPSA) is 100.0 Å². The van der Waals surface area contributed by atoms with Crippen molar-refractivity contribution in [1.29, 1.82) is 5.26 Å². The number of nitriles is 1. The number of thiocarbonyl (C=S) groups is 1. The van der Waals surface area contributed by atoms with E-state index in [4.69, 9.17) is 23.2 Å². The molecule has 41 heavy (non-hydrogen) atoms. The van der Waals surface area contributed by atoms with E-state index >= 15 is 0 Å². The van der Waals surface area contributed by atoms with Gasteiger partial charge < -0.3 is 20.5 Å². The predicted octanol–water partition coefficient (Wildman–Crippen LogP) is 4.85. The Kier molecular flexibility index (Phi) is 11.2. The second-order valence-corrected chi connectivity index (χ2v) is 10.3. The molecular weight excluding hydrogens is 549 g/mol. The van der Waals surface area contributed by atoms with E-state index in [1.54, 1.807) is 41.7 Å². The SMILES string of the molecule is C=CCN(Cc1ccccc1C(F)(F)F)C(=S)CC(C)C(CN)NC(=O)Cc1cncn1Cc1ccc(C#N)cc1. The molecule has 0 fully saturated rings. The Bertz CT molecular complexity index is 1380. The summed E-state index contributed by atoms with van der Waals surface area (Å²) < 4.78 is 42.4. The fourth-order valence-electron chi connectivity index (χ4n) is 4.47. The van der Waals surface area contributed by atoms with Gasteiger partial charge in [0.05, 0.1) is 34.9 Å². The number of alkyl halides is 3. The smallest absolute Gasteiger partial charge is 0.358 e. The average Bonchev–Trinajstić information content (AvgIpc) is 3.37. The quantitative estimate of drug-likeness (QED) is 0.221. The van der Waals surface area contributed by atoms with Crippen LogP contribution in [0.4, 0.5) is 13.2 Å². The molecule has 0 aliphatic heterocycles. The number of imidazole rings is 1. The highest BCUT2D eigenvalue weighted by atomic mass is 32.1. The van der Waals surface area contributed by atoms with Crippen LogP contribution in [0.2, 0.25) is 0 Å². The van der Waals surface area contributed by atoms with Gasteiger partial charge in [-0.1, -0.05) is 55.5 Å². The van der Waals surface area contributed by atoms with E-state index in [0.29, 0.717) is 29.2 Å². The summed E-state index contributed by atoms with van der Waals surface area (Å²) in [6.45, 7) is 6.54. The molecule has 2 atom stereocenters. The first kappa shape index (κ1) is 31.5. The molecule has 1 heterocycles. The number of nitrogens with one attached hydrogen (secondary N) is 1. The van der Waals surface area contributed by atoms with E-state index in [0.717, 1.165) is 11.6 Å². The largest absolute Gasteiger partial charge is 0.416 e. The monoisotopic (exact) mass is 582 g/mol. The summed E-state index contributed by atoms with van der Waals surface area (Å²) in [4.78, 5) is 19.3. The first-order valence-corrected chi connectivity index (χ1v) is 13.5. The summed E-state index contributed by atoms with van der Waals surface area (Å²) in [7, 11) is 0. The molecule has 1 amide bonds. The number of aromatic nitrogens is 2. The zero-order chi connectivity index (χ0) is 30.0. The van der Waals surface area contributed by atoms with Gasteiger partial charge in [-0.3, -0.25) is 4.79 Å². The van der Waals surface area contributed by atoms with Gasteiger partial charge in [0.2, 0.25) is 5.91 Å². The third-order valence-corrected chi connectivity index (χ3v) is 7.17. The Balaban J connectivity index is 1.62. The Morgan fingerprint density at radius 1 is 1.27 bits per heavy atom. The Morgan fingerprint density at radius 3 is 2.61 bits per heavy atom. The zero-order valence-electron chi connectivity index (χ0n) is 22.8. The van der Waals surface area contributed by atoms with Crippen molar-refractivity contribution in [3.05, 3.63) is 102 Å². The van der Waals surface area contributed by atoms with Crippen molar-refractivity contribution in [3.8, 4) is 6.07 Å². The molecule has 0 aliphatic rings. The van der Waals surface area contributed by atoms with Crippen LogP contribution in [0.15, 0.2) is 73.7 Å². The third-order valence-electron chi connectivity index (χ3n) is 6.75. The molecule has 0 spiro atoms. The fraction of sp³-hybridized carbons (Fsp3) is 0.333. The molecular formula is C30H33F3N6OS. The number of carbonyl (C=O) groups is 1. The molecule has 11 heteroatoms. The number of amides is 1. The Hall–Kier alpha value is -4.01. The lowest BCUT2D eigenvalue weighted by Crippen LogP contribution is -2.46. The lowest BCUT2D eigenvalue weighted by molar-refractivity contribution is -0.138. The molecule has 0 radical (unpaired) electrons. The van der Waals surface area contributed by atoms with Crippen LogP contribution in [-0.4, -0.2) is 44.5 Å². The number of halogens is 3. The first-order valence-electron chi connectivity index (χ1n) is 13.1. The molecule has 3 aromatic rings. The molecule has 0 bridgehead atoms. The van der Waals surface area contributed by atoms with Gasteiger partial charge in [0.15, 0.2) is 0 Å². The van der Waals surface area contributed by atoms with E-state index in [1.807, 2.05) is 23.6 Å². The number of nitrogens with zero attached hydrogens (tertiary/aromatic N) is 4. The number of carbonyl (C=O) groups excluding carboxylic acids is 1. The summed E-state index contributed by atoms with van der Waals surface area (Å²) in [6, 6.07) is 14.3. The average molecular weight is 583 g/mol. The summed E-state index contributed by atoms with van der Waals surface area (Å²) in [5.74, 6) is -0.410. The summed E-state index contributed by atoms with van der Waals surface area (Å²) >= 11 is 5.64. The van der Waals surface area contributed by atoms with Gasteiger partial charge in [0, 0.05) is 50.5 Å². The molecule has 2 unspecified atom stereocenters. The second-order valence-electron chi connectivity index (χ2n) is 9.81. The van der Waals surface area contributed by atoms with Crippen molar-refractivity contribution >= 4 is 23.1 Å². The van der Waals surface area contributed by atoms with Crippen LogP contribution in [0.1, 0.15) is 41.3 Å². The molecule has 2 aromatic carbocycles. The van der Waals surface area contributed by atoms with Crippen LogP contribution in [0.5, 0.6) is 0 Å². The van der Waals surface area contributed by atoms with E-state index < -0.39 is 17.8 Å². The molecule has 216 valence electrons. The highest BCUT2D eigenvalue weighted by Crippen LogP contribution is 2.32. The molecule has 0 aliphatic carbocycles. The lowest BCUT2D eigenvalue weighted by atomic mass is 9.97. The van der Waals surface area contributed by atoms with E-state index in [2.05, 4.69) is 22.9 Å². The maximum Gasteiger partial charge on any atom is 0.416 e. The van der Waals surface area contributed by atoms with Gasteiger partial charge in [-0.15, -0.1) is 6.58 Å². The van der Waals surface area contributed by atoms with Crippen LogP contribution < -0.4 is 11.1 Å². The first-order chi connectivity index (χ1) is 19.5. The molecule has 0 saturated carbocycles. The standard InChI is InChI=1S/C30H33F3N6OS/c1-3-12-38(19-24-6-4-5-7-26(24)30(31,32)33)29(41)13-21(2)27(16-35)37-28(40)14-25-17-36-20-39(25)18-23-10-8-22(15-34)9-11-23/h3-11,17,20-21,27H,1,12-14,16,18-19,35H2,2H3,(H,37,40). The van der Waals surface area contributed by atoms with Gasteiger partial charge >= 0.3 is 6.18 Å². The molecule has 3 rings (SSSR count). The van der Waals surface area contributed by atoms with E-state index in [9.17, 15) is 18.0 Å². The van der Waals surface area contributed by atoms with Crippen molar-refractivity contribution in [1.82, 2.24) is 19.8 Å². The normalized spacial score (nSPS) is 12.7. The van der Waals surface area contributed by atoms with Crippen LogP contribution in [-0.2, 0) is 30.5 Å². The van der Waals surface area contributed by atoms with E-state index in [-0.39, 0.29) is 43.4 Å². The minimum absolute atomic E-state index is 0.0177. The Labute approximate surface area is 243 Å². The summed E-state index contributed by atoms with van der Waals surface area (Å²) in [5, 5.41) is 12.0. The van der Waals surface area contributed by atoms with Crippen LogP contribution in [0.3, 0.4) is 0 Å². The third kappa shape index (κ3) is 8.99. The Morgan fingerprint density at radius 2 is 1.98 bits per heavy atom. The van der Waals surface area contributed by atoms with Crippen molar-refractivity contribution in [2.45, 2.75) is 45.1 Å². The maximum atomic E-state index is 13.5. The zero-order valence-corrected chi connectivity index (χ0v) is 23.6. The number of benzene rings is 2. The second kappa shape index (κ2) is 14.6. The minimum Gasteiger partial charge on any atom is -0.358 e. The maximum absolute atomic E-state index is 13.5. The van der Waals surface area contributed by atoms with Gasteiger partial charge in [0.1, 0.15) is 0 Å². The molecule has 7 nitrogen and oxygen atoms in total. The highest BCUT2D eigenvalue weighted by Gasteiger charge is 2.33. The molecule has 3 N–H and O–H groups in total. The molecule has 0 saturated heterocycles. The van der Waals surface area contributed by atoms with E-state index in [1.165, 1.54) is 12.1 Å². The fourth-order valence-corrected chi connectivity index (χ4v) is 4.87. The van der Waals surface area contributed by atoms with Crippen molar-refractivity contribution in [3.63, 3.8) is 0 Å². The van der Waals surface area contributed by atoms with Crippen molar-refractivity contribution in [2.75, 3.05) is 13.1 Å². The van der Waals surface area contributed by atoms with Gasteiger partial charge in [0.25, 0.3) is 0 Å². The van der Waals surface area contributed by atoms with Gasteiger partial charge in [-0.05, 0) is 35.2 Å². The van der Waals surface area contributed by atoms with Crippen molar-refractivity contribution < 1.29 is 18.0 Å². The number of hydrogen-bond donors (Lipinski definition) is 2. The van der Waals surface area contributed by atoms with Gasteiger partial charge in [-0.25, -0.2) is 4.98 Å². The van der Waals surface area contributed by atoms with Crippen LogP contribution in [0.25, 0.3) is 0 Å². The molecule has 1 aromatic heterocycles. The van der Waals surface area contributed by atoms with Crippen molar-refractivity contribution in [2.24, 2.45) is 11.7 Å².